The second-order valence-corrected chi connectivity index (χ2v) is 7.95. The first-order valence-corrected chi connectivity index (χ1v) is 9.89. The van der Waals surface area contributed by atoms with Crippen molar-refractivity contribution in [3.05, 3.63) is 120 Å². The molecule has 0 N–H and O–H groups in total. The van der Waals surface area contributed by atoms with Crippen molar-refractivity contribution in [2.75, 3.05) is 0 Å². The van der Waals surface area contributed by atoms with Crippen LogP contribution in [0.15, 0.2) is 103 Å². The highest BCUT2D eigenvalue weighted by Gasteiger charge is 2.34. The molecule has 0 nitrogen and oxygen atoms in total. The molecule has 1 aliphatic carbocycles. The quantitative estimate of drug-likeness (QED) is 0.326. The molecule has 0 aromatic heterocycles. The van der Waals surface area contributed by atoms with Crippen molar-refractivity contribution >= 4 is 0 Å². The second-order valence-electron chi connectivity index (χ2n) is 7.95. The Bertz CT molecular complexity index is 1040. The van der Waals surface area contributed by atoms with Gasteiger partial charge in [-0.25, -0.2) is 0 Å². The van der Waals surface area contributed by atoms with Crippen molar-refractivity contribution in [1.29, 1.82) is 0 Å². The zero-order valence-corrected chi connectivity index (χ0v) is 16.8. The summed E-state index contributed by atoms with van der Waals surface area (Å²) in [5.41, 5.74) is 9.78. The van der Waals surface area contributed by atoms with Gasteiger partial charge in [0.25, 0.3) is 0 Å². The summed E-state index contributed by atoms with van der Waals surface area (Å²) < 4.78 is 0. The number of fused-ring (bicyclic) bond motifs is 3. The van der Waals surface area contributed by atoms with Gasteiger partial charge in [0.05, 0.1) is 0 Å². The molecular formula is C28H26. The van der Waals surface area contributed by atoms with Crippen molar-refractivity contribution in [3.8, 4) is 22.3 Å². The van der Waals surface area contributed by atoms with Crippen LogP contribution in [0, 0.1) is 6.92 Å². The van der Waals surface area contributed by atoms with Gasteiger partial charge in [0.2, 0.25) is 0 Å². The lowest BCUT2D eigenvalue weighted by Gasteiger charge is -2.21. The maximum atomic E-state index is 2.33. The minimum absolute atomic E-state index is 0.151. The smallest absolute Gasteiger partial charge is 0.0158 e. The lowest BCUT2D eigenvalue weighted by molar-refractivity contribution is 0.660. The Balaban J connectivity index is 0.000000143. The van der Waals surface area contributed by atoms with Crippen molar-refractivity contribution in [1.82, 2.24) is 0 Å². The van der Waals surface area contributed by atoms with Crippen LogP contribution < -0.4 is 0 Å². The predicted octanol–water partition coefficient (Wildman–Crippen LogP) is 7.65. The third-order valence-electron chi connectivity index (χ3n) is 5.62. The third kappa shape index (κ3) is 3.39. The van der Waals surface area contributed by atoms with E-state index in [1.165, 1.54) is 38.9 Å². The lowest BCUT2D eigenvalue weighted by atomic mass is 9.82. The Labute approximate surface area is 168 Å². The summed E-state index contributed by atoms with van der Waals surface area (Å²) in [5.74, 6) is 0. The van der Waals surface area contributed by atoms with Crippen molar-refractivity contribution in [3.63, 3.8) is 0 Å². The number of hydrogen-bond acceptors (Lipinski definition) is 0. The van der Waals surface area contributed by atoms with Gasteiger partial charge < -0.3 is 0 Å². The fraction of sp³-hybridized carbons (Fsp3) is 0.143. The van der Waals surface area contributed by atoms with Crippen molar-refractivity contribution in [2.24, 2.45) is 0 Å². The minimum atomic E-state index is 0.151. The van der Waals surface area contributed by atoms with E-state index >= 15 is 0 Å². The van der Waals surface area contributed by atoms with Crippen LogP contribution >= 0.6 is 0 Å². The van der Waals surface area contributed by atoms with Gasteiger partial charge in [0, 0.05) is 5.41 Å². The van der Waals surface area contributed by atoms with Crippen LogP contribution in [0.5, 0.6) is 0 Å². The van der Waals surface area contributed by atoms with E-state index in [2.05, 4.69) is 112 Å². The molecule has 0 heterocycles. The van der Waals surface area contributed by atoms with Gasteiger partial charge in [-0.3, -0.25) is 0 Å². The molecular weight excluding hydrogens is 336 g/mol. The minimum Gasteiger partial charge on any atom is -0.0622 e. The molecule has 28 heavy (non-hydrogen) atoms. The largest absolute Gasteiger partial charge is 0.0622 e. The van der Waals surface area contributed by atoms with Crippen LogP contribution in [0.2, 0.25) is 0 Å². The molecule has 0 radical (unpaired) electrons. The summed E-state index contributed by atoms with van der Waals surface area (Å²) in [4.78, 5) is 0. The molecule has 0 heteroatoms. The van der Waals surface area contributed by atoms with Gasteiger partial charge >= 0.3 is 0 Å². The van der Waals surface area contributed by atoms with Crippen LogP contribution in [-0.4, -0.2) is 0 Å². The fourth-order valence-corrected chi connectivity index (χ4v) is 4.08. The van der Waals surface area contributed by atoms with Gasteiger partial charge in [0.15, 0.2) is 0 Å². The summed E-state index contributed by atoms with van der Waals surface area (Å²) in [5, 5.41) is 0. The zero-order chi connectivity index (χ0) is 19.6. The highest BCUT2D eigenvalue weighted by atomic mass is 14.4. The molecule has 0 atom stereocenters. The van der Waals surface area contributed by atoms with Gasteiger partial charge in [-0.15, -0.1) is 0 Å². The second kappa shape index (κ2) is 7.48. The van der Waals surface area contributed by atoms with Crippen molar-refractivity contribution in [2.45, 2.75) is 26.2 Å². The molecule has 1 aliphatic rings. The van der Waals surface area contributed by atoms with E-state index in [4.69, 9.17) is 0 Å². The highest BCUT2D eigenvalue weighted by molar-refractivity contribution is 5.80. The molecule has 4 aromatic carbocycles. The number of rotatable bonds is 1. The van der Waals surface area contributed by atoms with Gasteiger partial charge in [-0.2, -0.15) is 0 Å². The molecule has 0 amide bonds. The normalized spacial score (nSPS) is 13.1. The first-order chi connectivity index (χ1) is 13.6. The zero-order valence-electron chi connectivity index (χ0n) is 16.8. The van der Waals surface area contributed by atoms with Crippen LogP contribution in [-0.2, 0) is 5.41 Å². The first-order valence-electron chi connectivity index (χ1n) is 9.89. The van der Waals surface area contributed by atoms with E-state index < -0.39 is 0 Å². The Hall–Kier alpha value is -3.12. The summed E-state index contributed by atoms with van der Waals surface area (Å²) >= 11 is 0. The van der Waals surface area contributed by atoms with E-state index in [0.29, 0.717) is 0 Å². The predicted molar refractivity (Wildman–Crippen MR) is 121 cm³/mol. The molecule has 0 saturated heterocycles. The maximum absolute atomic E-state index is 2.33. The third-order valence-corrected chi connectivity index (χ3v) is 5.62. The van der Waals surface area contributed by atoms with Gasteiger partial charge in [-0.05, 0) is 40.3 Å². The van der Waals surface area contributed by atoms with Crippen LogP contribution in [0.4, 0.5) is 0 Å². The summed E-state index contributed by atoms with van der Waals surface area (Å²) in [6.07, 6.45) is 0. The molecule has 0 unspecified atom stereocenters. The molecule has 0 bridgehead atoms. The SMILES string of the molecule is Cc1ccc2c(c1)C(C)(C)c1ccccc1-2.c1ccc(-c2ccccc2)cc1. The summed E-state index contributed by atoms with van der Waals surface area (Å²) in [6.45, 7) is 6.80. The number of benzene rings is 4. The fourth-order valence-electron chi connectivity index (χ4n) is 4.08. The Morgan fingerprint density at radius 1 is 0.500 bits per heavy atom. The number of hydrogen-bond donors (Lipinski definition) is 0. The first kappa shape index (κ1) is 18.3. The topological polar surface area (TPSA) is 0 Å². The molecule has 0 saturated carbocycles. The Morgan fingerprint density at radius 3 is 1.61 bits per heavy atom. The average molecular weight is 363 g/mol. The standard InChI is InChI=1S/C16H16.C12H10/c1-11-8-9-13-12-6-4-5-7-14(12)16(2,3)15(13)10-11;1-3-7-11(8-4-1)12-9-5-2-6-10-12/h4-10H,1-3H3;1-10H. The Kier molecular flexibility index (Phi) is 4.88. The van der Waals surface area contributed by atoms with E-state index in [1.54, 1.807) is 0 Å². The van der Waals surface area contributed by atoms with Crippen LogP contribution in [0.1, 0.15) is 30.5 Å². The summed E-state index contributed by atoms with van der Waals surface area (Å²) in [6, 6.07) is 36.3. The monoisotopic (exact) mass is 362 g/mol. The summed E-state index contributed by atoms with van der Waals surface area (Å²) in [7, 11) is 0. The van der Waals surface area contributed by atoms with Crippen LogP contribution in [0.25, 0.3) is 22.3 Å². The number of aryl methyl sites for hydroxylation is 1. The molecule has 0 spiro atoms. The molecule has 4 aromatic rings. The average Bonchev–Trinajstić information content (AvgIpc) is 2.97. The highest BCUT2D eigenvalue weighted by Crippen LogP contribution is 2.48. The van der Waals surface area contributed by atoms with Gasteiger partial charge in [-0.1, -0.05) is 123 Å². The lowest BCUT2D eigenvalue weighted by Crippen LogP contribution is -2.14. The molecule has 0 aliphatic heterocycles. The van der Waals surface area contributed by atoms with E-state index in [0.717, 1.165) is 0 Å². The van der Waals surface area contributed by atoms with E-state index in [-0.39, 0.29) is 5.41 Å². The van der Waals surface area contributed by atoms with Crippen molar-refractivity contribution < 1.29 is 0 Å². The van der Waals surface area contributed by atoms with E-state index in [1.807, 2.05) is 12.1 Å². The van der Waals surface area contributed by atoms with Gasteiger partial charge in [0.1, 0.15) is 0 Å². The van der Waals surface area contributed by atoms with E-state index in [9.17, 15) is 0 Å². The Morgan fingerprint density at radius 2 is 1.00 bits per heavy atom. The molecule has 0 fully saturated rings. The molecule has 138 valence electrons. The maximum Gasteiger partial charge on any atom is 0.0158 e. The molecule has 5 rings (SSSR count). The van der Waals surface area contributed by atoms with Crippen LogP contribution in [0.3, 0.4) is 0 Å².